The Morgan fingerprint density at radius 2 is 1.60 bits per heavy atom. The lowest BCUT2D eigenvalue weighted by Crippen LogP contribution is -2.48. The first-order valence-corrected chi connectivity index (χ1v) is 11.8. The summed E-state index contributed by atoms with van der Waals surface area (Å²) in [7, 11) is 0. The molecule has 1 saturated heterocycles. The van der Waals surface area contributed by atoms with Crippen molar-refractivity contribution in [1.29, 1.82) is 0 Å². The summed E-state index contributed by atoms with van der Waals surface area (Å²) in [4.78, 5) is 37.3. The van der Waals surface area contributed by atoms with E-state index >= 15 is 0 Å². The second-order valence-corrected chi connectivity index (χ2v) is 8.27. The van der Waals surface area contributed by atoms with Gasteiger partial charge in [-0.2, -0.15) is 0 Å². The first-order chi connectivity index (χ1) is 17.1. The highest BCUT2D eigenvalue weighted by Crippen LogP contribution is 2.23. The monoisotopic (exact) mass is 470 g/mol. The van der Waals surface area contributed by atoms with Crippen LogP contribution in [-0.2, 0) is 9.59 Å². The molecule has 0 spiro atoms. The average molecular weight is 471 g/mol. The summed E-state index contributed by atoms with van der Waals surface area (Å²) >= 11 is 0. The van der Waals surface area contributed by atoms with Gasteiger partial charge < -0.3 is 20.4 Å². The predicted octanol–water partition coefficient (Wildman–Crippen LogP) is 3.05. The number of anilines is 2. The summed E-state index contributed by atoms with van der Waals surface area (Å²) in [5, 5.41) is 6.06. The average Bonchev–Trinajstić information content (AvgIpc) is 2.90. The Labute approximate surface area is 205 Å². The lowest BCUT2D eigenvalue weighted by molar-refractivity contribution is -0.126. The zero-order valence-electron chi connectivity index (χ0n) is 19.9. The van der Waals surface area contributed by atoms with E-state index in [9.17, 15) is 9.59 Å². The Kier molecular flexibility index (Phi) is 8.06. The van der Waals surface area contributed by atoms with Gasteiger partial charge in [0, 0.05) is 63.9 Å². The molecule has 1 fully saturated rings. The van der Waals surface area contributed by atoms with E-state index in [4.69, 9.17) is 4.98 Å². The molecule has 2 aromatic carbocycles. The van der Waals surface area contributed by atoms with Crippen LogP contribution < -0.4 is 15.5 Å². The smallest absolute Gasteiger partial charge is 0.246 e. The van der Waals surface area contributed by atoms with Gasteiger partial charge in [-0.3, -0.25) is 9.59 Å². The maximum absolute atomic E-state index is 12.7. The maximum atomic E-state index is 12.7. The molecule has 0 unspecified atom stereocenters. The van der Waals surface area contributed by atoms with Crippen molar-refractivity contribution >= 4 is 29.5 Å². The number of amides is 2. The number of benzene rings is 2. The molecule has 2 amide bonds. The lowest BCUT2D eigenvalue weighted by Gasteiger charge is -2.35. The van der Waals surface area contributed by atoms with Crippen molar-refractivity contribution in [2.45, 2.75) is 6.92 Å². The van der Waals surface area contributed by atoms with Crippen molar-refractivity contribution in [3.05, 3.63) is 78.4 Å². The minimum atomic E-state index is -0.0637. The molecule has 2 N–H and O–H groups in total. The molecule has 35 heavy (non-hydrogen) atoms. The lowest BCUT2D eigenvalue weighted by atomic mass is 10.2. The highest BCUT2D eigenvalue weighted by molar-refractivity contribution is 5.92. The number of aromatic nitrogens is 2. The highest BCUT2D eigenvalue weighted by atomic mass is 16.2. The minimum absolute atomic E-state index is 0.0153. The number of hydrogen-bond acceptors (Lipinski definition) is 6. The molecule has 2 heterocycles. The van der Waals surface area contributed by atoms with Crippen LogP contribution in [0.15, 0.2) is 72.8 Å². The first-order valence-electron chi connectivity index (χ1n) is 11.8. The van der Waals surface area contributed by atoms with Gasteiger partial charge in [0.1, 0.15) is 11.6 Å². The van der Waals surface area contributed by atoms with Crippen LogP contribution >= 0.6 is 0 Å². The van der Waals surface area contributed by atoms with Gasteiger partial charge in [0.05, 0.1) is 0 Å². The number of carbonyl (C=O) groups excluding carboxylic acids is 2. The third-order valence-electron chi connectivity index (χ3n) is 5.68. The summed E-state index contributed by atoms with van der Waals surface area (Å²) in [6.07, 6.45) is 3.49. The van der Waals surface area contributed by atoms with E-state index in [-0.39, 0.29) is 11.8 Å². The molecule has 0 saturated carbocycles. The molecule has 0 bridgehead atoms. The van der Waals surface area contributed by atoms with E-state index < -0.39 is 0 Å². The zero-order valence-corrected chi connectivity index (χ0v) is 19.9. The van der Waals surface area contributed by atoms with Gasteiger partial charge in [0.25, 0.3) is 0 Å². The number of carbonyl (C=O) groups is 2. The van der Waals surface area contributed by atoms with Crippen molar-refractivity contribution in [2.75, 3.05) is 49.5 Å². The SMILES string of the molecule is CC(=O)NCCNc1cc(N2CCN(C(=O)/C=C/c3ccccc3)CC2)nc(-c2ccccc2)n1. The quantitative estimate of drug-likeness (QED) is 0.389. The summed E-state index contributed by atoms with van der Waals surface area (Å²) in [5.41, 5.74) is 1.94. The van der Waals surface area contributed by atoms with Crippen LogP contribution in [0.2, 0.25) is 0 Å². The standard InChI is InChI=1S/C27H30N6O2/c1-21(34)28-14-15-29-24-20-25(31-27(30-24)23-10-6-3-7-11-23)32-16-18-33(19-17-32)26(35)13-12-22-8-4-2-5-9-22/h2-13,20H,14-19H2,1H3,(H,28,34)(H,29,30,31)/b13-12+. The molecule has 0 aliphatic carbocycles. The molecule has 8 nitrogen and oxygen atoms in total. The molecule has 1 aliphatic heterocycles. The van der Waals surface area contributed by atoms with Gasteiger partial charge in [0.2, 0.25) is 11.8 Å². The van der Waals surface area contributed by atoms with Crippen LogP contribution in [0, 0.1) is 0 Å². The van der Waals surface area contributed by atoms with Crippen LogP contribution in [0.4, 0.5) is 11.6 Å². The molecule has 4 rings (SSSR count). The number of nitrogens with one attached hydrogen (secondary N) is 2. The van der Waals surface area contributed by atoms with Crippen LogP contribution in [0.3, 0.4) is 0 Å². The summed E-state index contributed by atoms with van der Waals surface area (Å²) in [6.45, 7) is 5.16. The third-order valence-corrected chi connectivity index (χ3v) is 5.68. The molecule has 1 aromatic heterocycles. The molecule has 1 aliphatic rings. The number of nitrogens with zero attached hydrogens (tertiary/aromatic N) is 4. The van der Waals surface area contributed by atoms with Gasteiger partial charge in [-0.25, -0.2) is 9.97 Å². The zero-order chi connectivity index (χ0) is 24.5. The predicted molar refractivity (Wildman–Crippen MR) is 139 cm³/mol. The Morgan fingerprint density at radius 3 is 2.29 bits per heavy atom. The van der Waals surface area contributed by atoms with Crippen molar-refractivity contribution in [3.8, 4) is 11.4 Å². The van der Waals surface area contributed by atoms with Gasteiger partial charge in [-0.05, 0) is 11.6 Å². The van der Waals surface area contributed by atoms with Crippen molar-refractivity contribution in [2.24, 2.45) is 0 Å². The second-order valence-electron chi connectivity index (χ2n) is 8.27. The molecule has 0 atom stereocenters. The summed E-state index contributed by atoms with van der Waals surface area (Å²) in [6, 6.07) is 21.6. The van der Waals surface area contributed by atoms with Crippen LogP contribution in [0.1, 0.15) is 12.5 Å². The first kappa shape index (κ1) is 23.9. The summed E-state index contributed by atoms with van der Waals surface area (Å²) in [5.74, 6) is 2.10. The van der Waals surface area contributed by atoms with Gasteiger partial charge in [-0.1, -0.05) is 60.7 Å². The van der Waals surface area contributed by atoms with E-state index in [1.54, 1.807) is 6.08 Å². The maximum Gasteiger partial charge on any atom is 0.246 e. The van der Waals surface area contributed by atoms with Gasteiger partial charge in [-0.15, -0.1) is 0 Å². The van der Waals surface area contributed by atoms with Crippen LogP contribution in [0.25, 0.3) is 17.5 Å². The normalized spacial score (nSPS) is 13.6. The fourth-order valence-electron chi connectivity index (χ4n) is 3.83. The van der Waals surface area contributed by atoms with Crippen LogP contribution in [-0.4, -0.2) is 66.0 Å². The minimum Gasteiger partial charge on any atom is -0.368 e. The molecular formula is C27H30N6O2. The number of hydrogen-bond donors (Lipinski definition) is 2. The van der Waals surface area contributed by atoms with Crippen molar-refractivity contribution in [1.82, 2.24) is 20.2 Å². The molecule has 180 valence electrons. The largest absolute Gasteiger partial charge is 0.368 e. The third kappa shape index (κ3) is 6.89. The number of piperazine rings is 1. The van der Waals surface area contributed by atoms with Gasteiger partial charge in [0.15, 0.2) is 5.82 Å². The van der Waals surface area contributed by atoms with E-state index in [2.05, 4.69) is 20.5 Å². The Hall–Kier alpha value is -4.20. The van der Waals surface area contributed by atoms with E-state index in [0.29, 0.717) is 50.9 Å². The molecule has 3 aromatic rings. The van der Waals surface area contributed by atoms with E-state index in [0.717, 1.165) is 16.9 Å². The Bertz CT molecular complexity index is 1160. The number of rotatable bonds is 8. The fourth-order valence-corrected chi connectivity index (χ4v) is 3.83. The highest BCUT2D eigenvalue weighted by Gasteiger charge is 2.22. The van der Waals surface area contributed by atoms with Crippen molar-refractivity contribution in [3.63, 3.8) is 0 Å². The second kappa shape index (κ2) is 11.8. The fraction of sp³-hybridized carbons (Fsp3) is 0.259. The van der Waals surface area contributed by atoms with E-state index in [1.165, 1.54) is 6.92 Å². The van der Waals surface area contributed by atoms with Crippen molar-refractivity contribution < 1.29 is 9.59 Å². The molecular weight excluding hydrogens is 440 g/mol. The summed E-state index contributed by atoms with van der Waals surface area (Å²) < 4.78 is 0. The van der Waals surface area contributed by atoms with E-state index in [1.807, 2.05) is 77.7 Å². The van der Waals surface area contributed by atoms with Gasteiger partial charge >= 0.3 is 0 Å². The topological polar surface area (TPSA) is 90.5 Å². The molecule has 0 radical (unpaired) electrons. The Morgan fingerprint density at radius 1 is 0.914 bits per heavy atom. The van der Waals surface area contributed by atoms with Crippen LogP contribution in [0.5, 0.6) is 0 Å². The Balaban J connectivity index is 1.43. The molecule has 8 heteroatoms.